The number of nitrogens with zero attached hydrogens (tertiary/aromatic N) is 4. The van der Waals surface area contributed by atoms with Crippen LogP contribution in [-0.2, 0) is 11.8 Å². The predicted molar refractivity (Wildman–Crippen MR) is 76.2 cm³/mol. The molecule has 0 amide bonds. The van der Waals surface area contributed by atoms with Crippen LogP contribution in [0.15, 0.2) is 24.3 Å². The summed E-state index contributed by atoms with van der Waals surface area (Å²) in [6.07, 6.45) is 1.13. The Labute approximate surface area is 118 Å². The van der Waals surface area contributed by atoms with Gasteiger partial charge in [-0.15, -0.1) is 5.10 Å². The SMILES string of the molecule is CC(Nc1cccc(-c2nnnn2C)c1)C1CCOC1. The van der Waals surface area contributed by atoms with Gasteiger partial charge in [0, 0.05) is 36.9 Å². The van der Waals surface area contributed by atoms with E-state index < -0.39 is 0 Å². The van der Waals surface area contributed by atoms with Crippen LogP contribution in [0.1, 0.15) is 13.3 Å². The molecule has 1 N–H and O–H groups in total. The summed E-state index contributed by atoms with van der Waals surface area (Å²) >= 11 is 0. The van der Waals surface area contributed by atoms with Crippen LogP contribution in [-0.4, -0.2) is 39.5 Å². The number of rotatable bonds is 4. The minimum absolute atomic E-state index is 0.394. The normalized spacial score (nSPS) is 20.0. The van der Waals surface area contributed by atoms with Crippen molar-refractivity contribution in [3.63, 3.8) is 0 Å². The highest BCUT2D eigenvalue weighted by atomic mass is 16.5. The second kappa shape index (κ2) is 5.58. The monoisotopic (exact) mass is 273 g/mol. The molecule has 0 radical (unpaired) electrons. The molecule has 2 unspecified atom stereocenters. The quantitative estimate of drug-likeness (QED) is 0.918. The Morgan fingerprint density at radius 2 is 2.35 bits per heavy atom. The molecule has 3 rings (SSSR count). The van der Waals surface area contributed by atoms with Crippen LogP contribution in [0.4, 0.5) is 5.69 Å². The summed E-state index contributed by atoms with van der Waals surface area (Å²) in [5.74, 6) is 1.35. The fourth-order valence-corrected chi connectivity index (χ4v) is 2.55. The summed E-state index contributed by atoms with van der Waals surface area (Å²) in [5.41, 5.74) is 2.10. The standard InChI is InChI=1S/C14H19N5O/c1-10(12-6-7-20-9-12)15-13-5-3-4-11(8-13)14-16-17-18-19(14)2/h3-5,8,10,12,15H,6-7,9H2,1-2H3. The fraction of sp³-hybridized carbons (Fsp3) is 0.500. The van der Waals surface area contributed by atoms with Crippen LogP contribution >= 0.6 is 0 Å². The summed E-state index contributed by atoms with van der Waals surface area (Å²) in [6.45, 7) is 3.93. The van der Waals surface area contributed by atoms with E-state index in [-0.39, 0.29) is 0 Å². The van der Waals surface area contributed by atoms with Crippen LogP contribution in [0.25, 0.3) is 11.4 Å². The topological polar surface area (TPSA) is 64.9 Å². The summed E-state index contributed by atoms with van der Waals surface area (Å²) in [7, 11) is 1.84. The van der Waals surface area contributed by atoms with Gasteiger partial charge in [0.1, 0.15) is 0 Å². The van der Waals surface area contributed by atoms with Crippen molar-refractivity contribution in [1.82, 2.24) is 20.2 Å². The van der Waals surface area contributed by atoms with Crippen molar-refractivity contribution in [2.24, 2.45) is 13.0 Å². The zero-order valence-electron chi connectivity index (χ0n) is 11.8. The molecule has 2 atom stereocenters. The molecule has 0 saturated carbocycles. The van der Waals surface area contributed by atoms with Crippen LogP contribution in [0.5, 0.6) is 0 Å². The average molecular weight is 273 g/mol. The third-order valence-electron chi connectivity index (χ3n) is 3.81. The Morgan fingerprint density at radius 3 is 3.05 bits per heavy atom. The van der Waals surface area contributed by atoms with E-state index in [1.165, 1.54) is 0 Å². The first kappa shape index (κ1) is 13.1. The van der Waals surface area contributed by atoms with Crippen LogP contribution in [0.2, 0.25) is 0 Å². The summed E-state index contributed by atoms with van der Waals surface area (Å²) in [5, 5.41) is 15.1. The Morgan fingerprint density at radius 1 is 1.45 bits per heavy atom. The molecule has 1 aromatic heterocycles. The van der Waals surface area contributed by atoms with Gasteiger partial charge in [-0.25, -0.2) is 4.68 Å². The van der Waals surface area contributed by atoms with Gasteiger partial charge >= 0.3 is 0 Å². The molecule has 1 aliphatic rings. The number of hydrogen-bond donors (Lipinski definition) is 1. The van der Waals surface area contributed by atoms with Gasteiger partial charge in [0.05, 0.1) is 6.61 Å². The number of aromatic nitrogens is 4. The second-order valence-electron chi connectivity index (χ2n) is 5.26. The number of aryl methyl sites for hydroxylation is 1. The van der Waals surface area contributed by atoms with E-state index >= 15 is 0 Å². The van der Waals surface area contributed by atoms with Crippen molar-refractivity contribution in [3.8, 4) is 11.4 Å². The van der Waals surface area contributed by atoms with Gasteiger partial charge in [0.2, 0.25) is 0 Å². The molecule has 2 heterocycles. The average Bonchev–Trinajstić information content (AvgIpc) is 3.10. The van der Waals surface area contributed by atoms with Crippen molar-refractivity contribution < 1.29 is 4.74 Å². The summed E-state index contributed by atoms with van der Waals surface area (Å²) in [6, 6.07) is 8.58. The van der Waals surface area contributed by atoms with Crippen molar-refractivity contribution in [1.29, 1.82) is 0 Å². The smallest absolute Gasteiger partial charge is 0.181 e. The molecule has 106 valence electrons. The minimum Gasteiger partial charge on any atom is -0.382 e. The van der Waals surface area contributed by atoms with Crippen LogP contribution in [0.3, 0.4) is 0 Å². The van der Waals surface area contributed by atoms with Gasteiger partial charge in [-0.2, -0.15) is 0 Å². The molecule has 1 fully saturated rings. The maximum absolute atomic E-state index is 5.44. The maximum atomic E-state index is 5.44. The lowest BCUT2D eigenvalue weighted by Crippen LogP contribution is -2.26. The van der Waals surface area contributed by atoms with Gasteiger partial charge in [-0.1, -0.05) is 12.1 Å². The first-order valence-corrected chi connectivity index (χ1v) is 6.91. The van der Waals surface area contributed by atoms with Crippen LogP contribution < -0.4 is 5.32 Å². The van der Waals surface area contributed by atoms with Gasteiger partial charge < -0.3 is 10.1 Å². The maximum Gasteiger partial charge on any atom is 0.181 e. The third kappa shape index (κ3) is 2.65. The molecule has 6 heteroatoms. The molecule has 0 spiro atoms. The zero-order chi connectivity index (χ0) is 13.9. The van der Waals surface area contributed by atoms with Gasteiger partial charge in [0.15, 0.2) is 5.82 Å². The molecule has 1 aliphatic heterocycles. The molecule has 0 aliphatic carbocycles. The predicted octanol–water partition coefficient (Wildman–Crippen LogP) is 1.71. The Bertz CT molecular complexity index is 576. The van der Waals surface area contributed by atoms with Crippen molar-refractivity contribution in [2.45, 2.75) is 19.4 Å². The molecule has 2 aromatic rings. The van der Waals surface area contributed by atoms with Crippen molar-refractivity contribution in [3.05, 3.63) is 24.3 Å². The molecular formula is C14H19N5O. The number of benzene rings is 1. The van der Waals surface area contributed by atoms with Gasteiger partial charge in [-0.05, 0) is 35.9 Å². The highest BCUT2D eigenvalue weighted by molar-refractivity contribution is 5.62. The number of nitrogens with one attached hydrogen (secondary N) is 1. The Hall–Kier alpha value is -1.95. The lowest BCUT2D eigenvalue weighted by atomic mass is 10.0. The number of anilines is 1. The highest BCUT2D eigenvalue weighted by Gasteiger charge is 2.22. The molecule has 0 bridgehead atoms. The largest absolute Gasteiger partial charge is 0.382 e. The van der Waals surface area contributed by atoms with E-state index in [0.717, 1.165) is 36.7 Å². The molecule has 1 saturated heterocycles. The van der Waals surface area contributed by atoms with E-state index in [0.29, 0.717) is 12.0 Å². The third-order valence-corrected chi connectivity index (χ3v) is 3.81. The van der Waals surface area contributed by atoms with E-state index in [1.54, 1.807) is 4.68 Å². The first-order chi connectivity index (χ1) is 9.74. The molecular weight excluding hydrogens is 254 g/mol. The zero-order valence-corrected chi connectivity index (χ0v) is 11.8. The second-order valence-corrected chi connectivity index (χ2v) is 5.26. The van der Waals surface area contributed by atoms with Crippen molar-refractivity contribution >= 4 is 5.69 Å². The minimum atomic E-state index is 0.394. The number of ether oxygens (including phenoxy) is 1. The Kier molecular flexibility index (Phi) is 3.64. The highest BCUT2D eigenvalue weighted by Crippen LogP contribution is 2.23. The number of tetrazole rings is 1. The van der Waals surface area contributed by atoms with E-state index in [1.807, 2.05) is 19.2 Å². The van der Waals surface area contributed by atoms with Gasteiger partial charge in [0.25, 0.3) is 0 Å². The van der Waals surface area contributed by atoms with Crippen molar-refractivity contribution in [2.75, 3.05) is 18.5 Å². The lowest BCUT2D eigenvalue weighted by Gasteiger charge is -2.20. The van der Waals surface area contributed by atoms with Crippen LogP contribution in [0, 0.1) is 5.92 Å². The van der Waals surface area contributed by atoms with E-state index in [4.69, 9.17) is 4.74 Å². The summed E-state index contributed by atoms with van der Waals surface area (Å²) in [4.78, 5) is 0. The number of hydrogen-bond acceptors (Lipinski definition) is 5. The van der Waals surface area contributed by atoms with E-state index in [9.17, 15) is 0 Å². The lowest BCUT2D eigenvalue weighted by molar-refractivity contribution is 0.183. The fourth-order valence-electron chi connectivity index (χ4n) is 2.55. The van der Waals surface area contributed by atoms with E-state index in [2.05, 4.69) is 39.9 Å². The molecule has 6 nitrogen and oxygen atoms in total. The first-order valence-electron chi connectivity index (χ1n) is 6.91. The molecule has 1 aromatic carbocycles. The Balaban J connectivity index is 1.76. The molecule has 20 heavy (non-hydrogen) atoms. The summed E-state index contributed by atoms with van der Waals surface area (Å²) < 4.78 is 7.12. The van der Waals surface area contributed by atoms with Gasteiger partial charge in [-0.3, -0.25) is 0 Å².